The average Bonchev–Trinajstić information content (AvgIpc) is 2.65. The first-order valence-electron chi connectivity index (χ1n) is 8.15. The van der Waals surface area contributed by atoms with Gasteiger partial charge in [0, 0.05) is 39.1 Å². The van der Waals surface area contributed by atoms with Crippen LogP contribution in [-0.4, -0.2) is 47.4 Å². The van der Waals surface area contributed by atoms with Crippen LogP contribution in [0.25, 0.3) is 5.69 Å². The molecule has 5 nitrogen and oxygen atoms in total. The molecule has 2 aromatic rings. The van der Waals surface area contributed by atoms with Crippen LogP contribution >= 0.6 is 34.8 Å². The number of terminal acetylenes is 1. The van der Waals surface area contributed by atoms with Crippen molar-refractivity contribution in [3.63, 3.8) is 0 Å². The number of benzene rings is 1. The van der Waals surface area contributed by atoms with Gasteiger partial charge in [0.15, 0.2) is 0 Å². The van der Waals surface area contributed by atoms with Gasteiger partial charge in [-0.1, -0.05) is 34.8 Å². The van der Waals surface area contributed by atoms with Crippen LogP contribution in [0, 0.1) is 12.3 Å². The van der Waals surface area contributed by atoms with Crippen LogP contribution in [0.2, 0.25) is 15.1 Å². The maximum absolute atomic E-state index is 12.2. The quantitative estimate of drug-likeness (QED) is 0.724. The zero-order valence-corrected chi connectivity index (χ0v) is 16.2. The van der Waals surface area contributed by atoms with E-state index in [2.05, 4.69) is 20.8 Å². The van der Waals surface area contributed by atoms with Gasteiger partial charge in [0.25, 0.3) is 5.56 Å². The zero-order valence-electron chi connectivity index (χ0n) is 14.0. The van der Waals surface area contributed by atoms with Gasteiger partial charge in [-0.05, 0) is 18.2 Å². The third-order valence-electron chi connectivity index (χ3n) is 4.34. The molecular formula is C18H17Cl3N4O. The fraction of sp³-hybridized carbons (Fsp3) is 0.333. The van der Waals surface area contributed by atoms with E-state index in [0.29, 0.717) is 10.7 Å². The number of nitrogens with zero attached hydrogens (tertiary/aromatic N) is 4. The van der Waals surface area contributed by atoms with E-state index in [1.807, 2.05) is 6.07 Å². The first-order valence-corrected chi connectivity index (χ1v) is 9.28. The minimum absolute atomic E-state index is 0.0649. The lowest BCUT2D eigenvalue weighted by atomic mass is 10.2. The molecule has 8 heteroatoms. The second kappa shape index (κ2) is 8.32. The molecule has 0 saturated carbocycles. The summed E-state index contributed by atoms with van der Waals surface area (Å²) in [5.41, 5.74) is 0.986. The summed E-state index contributed by atoms with van der Waals surface area (Å²) in [6, 6.07) is 5.40. The van der Waals surface area contributed by atoms with Crippen LogP contribution in [0.1, 0.15) is 6.42 Å². The Morgan fingerprint density at radius 2 is 1.85 bits per heavy atom. The minimum atomic E-state index is -0.481. The number of hydrogen-bond acceptors (Lipinski definition) is 4. The third kappa shape index (κ3) is 3.99. The fourth-order valence-corrected chi connectivity index (χ4v) is 3.46. The predicted octanol–water partition coefficient (Wildman–Crippen LogP) is 3.34. The van der Waals surface area contributed by atoms with Gasteiger partial charge in [0.1, 0.15) is 5.02 Å². The zero-order chi connectivity index (χ0) is 18.7. The molecule has 1 aliphatic rings. The molecule has 0 radical (unpaired) electrons. The van der Waals surface area contributed by atoms with Crippen LogP contribution in [0.5, 0.6) is 0 Å². The highest BCUT2D eigenvalue weighted by molar-refractivity contribution is 6.41. The maximum Gasteiger partial charge on any atom is 0.291 e. The largest absolute Gasteiger partial charge is 0.368 e. The molecule has 0 unspecified atom stereocenters. The monoisotopic (exact) mass is 410 g/mol. The molecule has 26 heavy (non-hydrogen) atoms. The summed E-state index contributed by atoms with van der Waals surface area (Å²) in [5, 5.41) is 4.64. The van der Waals surface area contributed by atoms with Crippen LogP contribution in [0.4, 0.5) is 5.69 Å². The number of piperazine rings is 1. The molecule has 1 aromatic heterocycles. The van der Waals surface area contributed by atoms with Crippen molar-refractivity contribution in [1.29, 1.82) is 0 Å². The molecule has 1 aromatic carbocycles. The van der Waals surface area contributed by atoms with Crippen LogP contribution in [0.3, 0.4) is 0 Å². The topological polar surface area (TPSA) is 41.4 Å². The summed E-state index contributed by atoms with van der Waals surface area (Å²) >= 11 is 18.2. The van der Waals surface area contributed by atoms with Crippen LogP contribution < -0.4 is 10.5 Å². The standard InChI is InChI=1S/C18H17Cl3N4O/c1-2-3-6-23-7-9-24(10-8-23)16-5-4-13(11-14(16)19)25-18(26)17(21)15(20)12-22-25/h1,4-5,11-12H,3,6-10H2. The molecule has 0 aliphatic carbocycles. The van der Waals surface area contributed by atoms with E-state index in [0.717, 1.165) is 44.8 Å². The molecule has 2 heterocycles. The summed E-state index contributed by atoms with van der Waals surface area (Å²) in [5.74, 6) is 2.67. The Kier molecular flexibility index (Phi) is 6.10. The van der Waals surface area contributed by atoms with E-state index >= 15 is 0 Å². The van der Waals surface area contributed by atoms with E-state index < -0.39 is 5.56 Å². The molecule has 0 atom stereocenters. The number of halogens is 3. The van der Waals surface area contributed by atoms with E-state index in [1.54, 1.807) is 12.1 Å². The summed E-state index contributed by atoms with van der Waals surface area (Å²) in [4.78, 5) is 16.8. The Morgan fingerprint density at radius 3 is 2.50 bits per heavy atom. The van der Waals surface area contributed by atoms with Gasteiger partial charge in [0.2, 0.25) is 0 Å². The maximum atomic E-state index is 12.2. The van der Waals surface area contributed by atoms with Crippen LogP contribution in [-0.2, 0) is 0 Å². The Morgan fingerprint density at radius 1 is 1.12 bits per heavy atom. The molecule has 1 fully saturated rings. The van der Waals surface area contributed by atoms with E-state index in [4.69, 9.17) is 41.2 Å². The summed E-state index contributed by atoms with van der Waals surface area (Å²) in [7, 11) is 0. The van der Waals surface area contributed by atoms with Crippen molar-refractivity contribution in [2.24, 2.45) is 0 Å². The van der Waals surface area contributed by atoms with Crippen molar-refractivity contribution < 1.29 is 0 Å². The molecule has 136 valence electrons. The Balaban J connectivity index is 1.78. The van der Waals surface area contributed by atoms with Gasteiger partial charge in [-0.3, -0.25) is 9.69 Å². The molecule has 0 spiro atoms. The Labute approximate surface area is 167 Å². The van der Waals surface area contributed by atoms with Gasteiger partial charge in [-0.15, -0.1) is 12.3 Å². The van der Waals surface area contributed by atoms with Gasteiger partial charge < -0.3 is 4.90 Å². The molecule has 0 amide bonds. The van der Waals surface area contributed by atoms with Gasteiger partial charge in [0.05, 0.1) is 27.6 Å². The normalized spacial score (nSPS) is 15.1. The lowest BCUT2D eigenvalue weighted by Crippen LogP contribution is -2.46. The number of aromatic nitrogens is 2. The second-order valence-corrected chi connectivity index (χ2v) is 7.13. The number of hydrogen-bond donors (Lipinski definition) is 0. The van der Waals surface area contributed by atoms with Crippen molar-refractivity contribution in [3.8, 4) is 18.0 Å². The Bertz CT molecular complexity index is 898. The lowest BCUT2D eigenvalue weighted by Gasteiger charge is -2.36. The summed E-state index contributed by atoms with van der Waals surface area (Å²) in [6.45, 7) is 4.53. The summed E-state index contributed by atoms with van der Waals surface area (Å²) < 4.78 is 1.18. The highest BCUT2D eigenvalue weighted by Gasteiger charge is 2.19. The molecule has 3 rings (SSSR count). The Hall–Kier alpha value is -1.71. The van der Waals surface area contributed by atoms with Gasteiger partial charge in [-0.2, -0.15) is 9.78 Å². The number of anilines is 1. The van der Waals surface area contributed by atoms with E-state index in [1.165, 1.54) is 10.9 Å². The predicted molar refractivity (Wildman–Crippen MR) is 107 cm³/mol. The van der Waals surface area contributed by atoms with Gasteiger partial charge >= 0.3 is 0 Å². The fourth-order valence-electron chi connectivity index (χ4n) is 2.92. The van der Waals surface area contributed by atoms with Gasteiger partial charge in [-0.25, -0.2) is 0 Å². The molecular weight excluding hydrogens is 395 g/mol. The number of rotatable bonds is 4. The van der Waals surface area contributed by atoms with Crippen molar-refractivity contribution in [1.82, 2.24) is 14.7 Å². The third-order valence-corrected chi connectivity index (χ3v) is 5.39. The molecule has 0 bridgehead atoms. The smallest absolute Gasteiger partial charge is 0.291 e. The molecule has 1 aliphatic heterocycles. The average molecular weight is 412 g/mol. The highest BCUT2D eigenvalue weighted by atomic mass is 35.5. The van der Waals surface area contributed by atoms with Crippen molar-refractivity contribution in [2.45, 2.75) is 6.42 Å². The first kappa shape index (κ1) is 19.1. The lowest BCUT2D eigenvalue weighted by molar-refractivity contribution is 0.264. The van der Waals surface area contributed by atoms with E-state index in [9.17, 15) is 4.79 Å². The first-order chi connectivity index (χ1) is 12.5. The minimum Gasteiger partial charge on any atom is -0.368 e. The highest BCUT2D eigenvalue weighted by Crippen LogP contribution is 2.29. The van der Waals surface area contributed by atoms with Crippen molar-refractivity contribution >= 4 is 40.5 Å². The second-order valence-electron chi connectivity index (χ2n) is 5.94. The van der Waals surface area contributed by atoms with Crippen molar-refractivity contribution in [3.05, 3.63) is 49.8 Å². The van der Waals surface area contributed by atoms with Crippen molar-refractivity contribution in [2.75, 3.05) is 37.6 Å². The van der Waals surface area contributed by atoms with E-state index in [-0.39, 0.29) is 10.0 Å². The SMILES string of the molecule is C#CCCN1CCN(c2ccc(-n3ncc(Cl)c(Cl)c3=O)cc2Cl)CC1. The summed E-state index contributed by atoms with van der Waals surface area (Å²) in [6.07, 6.45) is 7.43. The molecule has 0 N–H and O–H groups in total. The molecule has 1 saturated heterocycles. The van der Waals surface area contributed by atoms with Crippen LogP contribution in [0.15, 0.2) is 29.2 Å².